The van der Waals surface area contributed by atoms with Gasteiger partial charge in [-0.2, -0.15) is 0 Å². The lowest BCUT2D eigenvalue weighted by molar-refractivity contribution is 0.0902. The summed E-state index contributed by atoms with van der Waals surface area (Å²) >= 11 is 0. The van der Waals surface area contributed by atoms with Gasteiger partial charge in [0.1, 0.15) is 5.75 Å². The van der Waals surface area contributed by atoms with Crippen LogP contribution < -0.4 is 9.46 Å². The van der Waals surface area contributed by atoms with Gasteiger partial charge in [-0.25, -0.2) is 13.1 Å². The van der Waals surface area contributed by atoms with Gasteiger partial charge in [0.25, 0.3) is 0 Å². The fraction of sp³-hybridized carbons (Fsp3) is 0.571. The maximum absolute atomic E-state index is 12.4. The molecule has 0 unspecified atom stereocenters. The predicted octanol–water partition coefficient (Wildman–Crippen LogP) is 1.47. The molecule has 1 aromatic carbocycles. The maximum atomic E-state index is 12.4. The highest BCUT2D eigenvalue weighted by Gasteiger charge is 2.27. The van der Waals surface area contributed by atoms with Gasteiger partial charge in [-0.15, -0.1) is 0 Å². The Kier molecular flexibility index (Phi) is 3.70. The summed E-state index contributed by atoms with van der Waals surface area (Å²) in [4.78, 5) is 0.298. The highest BCUT2D eigenvalue weighted by atomic mass is 32.2. The topological polar surface area (TPSA) is 64.6 Å². The van der Waals surface area contributed by atoms with E-state index in [-0.39, 0.29) is 12.1 Å². The molecule has 2 aliphatic heterocycles. The van der Waals surface area contributed by atoms with Gasteiger partial charge in [0.2, 0.25) is 10.0 Å². The molecule has 0 amide bonds. The van der Waals surface area contributed by atoms with Crippen LogP contribution in [-0.4, -0.2) is 33.8 Å². The molecule has 0 aromatic heterocycles. The van der Waals surface area contributed by atoms with Crippen molar-refractivity contribution in [1.82, 2.24) is 4.72 Å². The van der Waals surface area contributed by atoms with Crippen molar-refractivity contribution in [2.45, 2.75) is 43.2 Å². The van der Waals surface area contributed by atoms with Gasteiger partial charge < -0.3 is 9.47 Å². The van der Waals surface area contributed by atoms with E-state index in [2.05, 4.69) is 4.72 Å². The Hall–Kier alpha value is -1.11. The van der Waals surface area contributed by atoms with Gasteiger partial charge in [0.05, 0.1) is 17.6 Å². The molecule has 3 rings (SSSR count). The number of ether oxygens (including phenoxy) is 2. The standard InChI is InChI=1S/C14H19NO4S/c1-10(13-3-2-7-18-13)15-20(16,17)12-4-5-14-11(9-12)6-8-19-14/h4-5,9-10,13,15H,2-3,6-8H2,1H3/t10-,13-/m1/s1. The second-order valence-corrected chi connectivity index (χ2v) is 7.04. The molecule has 0 bridgehead atoms. The van der Waals surface area contributed by atoms with Crippen LogP contribution in [0.4, 0.5) is 0 Å². The molecule has 2 aliphatic rings. The molecule has 1 N–H and O–H groups in total. The summed E-state index contributed by atoms with van der Waals surface area (Å²) < 4.78 is 38.4. The molecule has 2 heterocycles. The zero-order valence-electron chi connectivity index (χ0n) is 11.5. The molecule has 1 saturated heterocycles. The van der Waals surface area contributed by atoms with E-state index in [1.807, 2.05) is 6.92 Å². The summed E-state index contributed by atoms with van der Waals surface area (Å²) in [7, 11) is -3.50. The van der Waals surface area contributed by atoms with Crippen LogP contribution in [0.5, 0.6) is 5.75 Å². The SMILES string of the molecule is C[C@@H](NS(=O)(=O)c1ccc2c(c1)CCO2)[C@H]1CCCO1. The van der Waals surface area contributed by atoms with Gasteiger partial charge >= 0.3 is 0 Å². The zero-order valence-corrected chi connectivity index (χ0v) is 12.3. The van der Waals surface area contributed by atoms with E-state index in [0.29, 0.717) is 18.1 Å². The highest BCUT2D eigenvalue weighted by Crippen LogP contribution is 2.28. The Balaban J connectivity index is 1.77. The van der Waals surface area contributed by atoms with Crippen molar-refractivity contribution >= 4 is 10.0 Å². The normalized spacial score (nSPS) is 23.4. The van der Waals surface area contributed by atoms with Crippen molar-refractivity contribution < 1.29 is 17.9 Å². The Morgan fingerprint density at radius 3 is 2.95 bits per heavy atom. The Morgan fingerprint density at radius 1 is 1.35 bits per heavy atom. The third-order valence-corrected chi connectivity index (χ3v) is 5.39. The first kappa shape index (κ1) is 13.9. The number of hydrogen-bond acceptors (Lipinski definition) is 4. The van der Waals surface area contributed by atoms with E-state index in [1.54, 1.807) is 18.2 Å². The fourth-order valence-electron chi connectivity index (χ4n) is 2.72. The molecule has 2 atom stereocenters. The van der Waals surface area contributed by atoms with Crippen LogP contribution in [0.15, 0.2) is 23.1 Å². The van der Waals surface area contributed by atoms with E-state index >= 15 is 0 Å². The van der Waals surface area contributed by atoms with Crippen molar-refractivity contribution in [2.75, 3.05) is 13.2 Å². The van der Waals surface area contributed by atoms with E-state index < -0.39 is 10.0 Å². The third kappa shape index (κ3) is 2.68. The van der Waals surface area contributed by atoms with Crippen molar-refractivity contribution in [3.8, 4) is 5.75 Å². The van der Waals surface area contributed by atoms with Crippen LogP contribution in [0.25, 0.3) is 0 Å². The second-order valence-electron chi connectivity index (χ2n) is 5.33. The van der Waals surface area contributed by atoms with Crippen molar-refractivity contribution in [3.05, 3.63) is 23.8 Å². The maximum Gasteiger partial charge on any atom is 0.240 e. The van der Waals surface area contributed by atoms with E-state index in [0.717, 1.165) is 30.6 Å². The molecule has 110 valence electrons. The molecule has 5 nitrogen and oxygen atoms in total. The van der Waals surface area contributed by atoms with E-state index in [1.165, 1.54) is 0 Å². The van der Waals surface area contributed by atoms with E-state index in [4.69, 9.17) is 9.47 Å². The van der Waals surface area contributed by atoms with Crippen LogP contribution in [0.3, 0.4) is 0 Å². The smallest absolute Gasteiger partial charge is 0.240 e. The minimum atomic E-state index is -3.50. The predicted molar refractivity (Wildman–Crippen MR) is 74.4 cm³/mol. The van der Waals surface area contributed by atoms with Gasteiger partial charge in [-0.3, -0.25) is 0 Å². The first-order valence-electron chi connectivity index (χ1n) is 6.96. The summed E-state index contributed by atoms with van der Waals surface area (Å²) in [6, 6.07) is 4.81. The summed E-state index contributed by atoms with van der Waals surface area (Å²) in [5, 5.41) is 0. The molecule has 0 spiro atoms. The second kappa shape index (κ2) is 5.35. The lowest BCUT2D eigenvalue weighted by Gasteiger charge is -2.20. The van der Waals surface area contributed by atoms with Crippen LogP contribution in [0.1, 0.15) is 25.3 Å². The first-order chi connectivity index (χ1) is 9.56. The zero-order chi connectivity index (χ0) is 14.2. The average Bonchev–Trinajstić information content (AvgIpc) is 3.08. The Labute approximate surface area is 119 Å². The lowest BCUT2D eigenvalue weighted by atomic mass is 10.1. The van der Waals surface area contributed by atoms with E-state index in [9.17, 15) is 8.42 Å². The number of rotatable bonds is 4. The summed E-state index contributed by atoms with van der Waals surface area (Å²) in [5.41, 5.74) is 0.956. The first-order valence-corrected chi connectivity index (χ1v) is 8.44. The fourth-order valence-corrected chi connectivity index (χ4v) is 4.04. The minimum absolute atomic E-state index is 0.0254. The molecule has 1 fully saturated rings. The minimum Gasteiger partial charge on any atom is -0.493 e. The highest BCUT2D eigenvalue weighted by molar-refractivity contribution is 7.89. The summed E-state index contributed by atoms with van der Waals surface area (Å²) in [6.45, 7) is 3.19. The summed E-state index contributed by atoms with van der Waals surface area (Å²) in [5.74, 6) is 0.788. The lowest BCUT2D eigenvalue weighted by Crippen LogP contribution is -2.40. The van der Waals surface area contributed by atoms with Crippen LogP contribution in [-0.2, 0) is 21.2 Å². The Morgan fingerprint density at radius 2 is 2.20 bits per heavy atom. The molecular weight excluding hydrogens is 278 g/mol. The number of hydrogen-bond donors (Lipinski definition) is 1. The van der Waals surface area contributed by atoms with Crippen molar-refractivity contribution in [3.63, 3.8) is 0 Å². The molecule has 6 heteroatoms. The van der Waals surface area contributed by atoms with Crippen LogP contribution in [0.2, 0.25) is 0 Å². The number of fused-ring (bicyclic) bond motifs is 1. The number of nitrogens with one attached hydrogen (secondary N) is 1. The number of sulfonamides is 1. The molecule has 0 radical (unpaired) electrons. The molecule has 0 saturated carbocycles. The van der Waals surface area contributed by atoms with Crippen molar-refractivity contribution in [1.29, 1.82) is 0 Å². The quantitative estimate of drug-likeness (QED) is 0.914. The monoisotopic (exact) mass is 297 g/mol. The largest absolute Gasteiger partial charge is 0.493 e. The van der Waals surface area contributed by atoms with Gasteiger partial charge in [0, 0.05) is 19.1 Å². The van der Waals surface area contributed by atoms with Crippen LogP contribution >= 0.6 is 0 Å². The van der Waals surface area contributed by atoms with Crippen molar-refractivity contribution in [2.24, 2.45) is 0 Å². The molecule has 1 aromatic rings. The average molecular weight is 297 g/mol. The van der Waals surface area contributed by atoms with Gasteiger partial charge in [-0.05, 0) is 43.5 Å². The number of benzene rings is 1. The van der Waals surface area contributed by atoms with Crippen LogP contribution in [0, 0.1) is 0 Å². The van der Waals surface area contributed by atoms with Gasteiger partial charge in [-0.1, -0.05) is 0 Å². The summed E-state index contributed by atoms with van der Waals surface area (Å²) in [6.07, 6.45) is 2.64. The Bertz CT molecular complexity index is 593. The third-order valence-electron chi connectivity index (χ3n) is 3.83. The van der Waals surface area contributed by atoms with Gasteiger partial charge in [0.15, 0.2) is 0 Å². The molecular formula is C14H19NO4S. The molecule has 0 aliphatic carbocycles. The molecule has 20 heavy (non-hydrogen) atoms.